The summed E-state index contributed by atoms with van der Waals surface area (Å²) in [6.45, 7) is 5.72. The molecule has 0 spiro atoms. The first-order valence-electron chi connectivity index (χ1n) is 4.50. The van der Waals surface area contributed by atoms with Crippen molar-refractivity contribution in [2.24, 2.45) is 0 Å². The number of benzene rings is 1. The lowest BCUT2D eigenvalue weighted by atomic mass is 10.2. The maximum Gasteiger partial charge on any atom is 0.143 e. The number of nitrogen functional groups attached to an aromatic ring is 1. The van der Waals surface area contributed by atoms with Crippen LogP contribution in [0.1, 0.15) is 6.92 Å². The van der Waals surface area contributed by atoms with Gasteiger partial charge in [-0.05, 0) is 19.1 Å². The number of nitrogens with two attached hydrogens (primary N) is 1. The Hall–Kier alpha value is -1.64. The first kappa shape index (κ1) is 10.4. The lowest BCUT2D eigenvalue weighted by Crippen LogP contribution is -2.11. The Labute approximate surface area is 84.6 Å². The van der Waals surface area contributed by atoms with E-state index in [0.717, 1.165) is 5.69 Å². The molecule has 14 heavy (non-hydrogen) atoms. The van der Waals surface area contributed by atoms with Gasteiger partial charge < -0.3 is 15.8 Å². The van der Waals surface area contributed by atoms with Crippen LogP contribution in [-0.2, 0) is 0 Å². The molecular weight excluding hydrogens is 176 g/mol. The third-order valence-electron chi connectivity index (χ3n) is 1.98. The van der Waals surface area contributed by atoms with E-state index in [-0.39, 0.29) is 6.04 Å². The molecule has 3 N–H and O–H groups in total. The average molecular weight is 192 g/mol. The van der Waals surface area contributed by atoms with E-state index >= 15 is 0 Å². The third kappa shape index (κ3) is 2.42. The fourth-order valence-corrected chi connectivity index (χ4v) is 1.12. The largest absolute Gasteiger partial charge is 0.495 e. The molecule has 0 aliphatic carbocycles. The number of methoxy groups -OCH3 is 1. The molecule has 0 aliphatic rings. The van der Waals surface area contributed by atoms with Crippen LogP contribution in [0.15, 0.2) is 30.9 Å². The summed E-state index contributed by atoms with van der Waals surface area (Å²) in [4.78, 5) is 0. The van der Waals surface area contributed by atoms with Gasteiger partial charge >= 0.3 is 0 Å². The van der Waals surface area contributed by atoms with Gasteiger partial charge in [0.1, 0.15) is 5.75 Å². The molecule has 0 saturated carbocycles. The Morgan fingerprint density at radius 3 is 2.86 bits per heavy atom. The van der Waals surface area contributed by atoms with Gasteiger partial charge in [-0.1, -0.05) is 6.08 Å². The van der Waals surface area contributed by atoms with Crippen LogP contribution >= 0.6 is 0 Å². The SMILES string of the molecule is C=CC(C)Nc1ccc(N)c(OC)c1. The molecule has 0 fully saturated rings. The Bertz CT molecular complexity index is 323. The number of nitrogens with one attached hydrogen (secondary N) is 1. The molecule has 1 unspecified atom stereocenters. The molecule has 0 aromatic heterocycles. The van der Waals surface area contributed by atoms with E-state index in [1.807, 2.05) is 31.2 Å². The minimum absolute atomic E-state index is 0.225. The van der Waals surface area contributed by atoms with Gasteiger partial charge in [0.2, 0.25) is 0 Å². The maximum atomic E-state index is 5.69. The monoisotopic (exact) mass is 192 g/mol. The standard InChI is InChI=1S/C11H16N2O/c1-4-8(2)13-9-5-6-10(12)11(7-9)14-3/h4-8,13H,1,12H2,2-3H3. The molecule has 1 atom stereocenters. The lowest BCUT2D eigenvalue weighted by molar-refractivity contribution is 0.417. The molecule has 0 bridgehead atoms. The van der Waals surface area contributed by atoms with E-state index < -0.39 is 0 Å². The van der Waals surface area contributed by atoms with Gasteiger partial charge in [0, 0.05) is 17.8 Å². The van der Waals surface area contributed by atoms with E-state index in [4.69, 9.17) is 10.5 Å². The highest BCUT2D eigenvalue weighted by Crippen LogP contribution is 2.25. The van der Waals surface area contributed by atoms with Crippen LogP contribution < -0.4 is 15.8 Å². The van der Waals surface area contributed by atoms with Crippen LogP contribution in [-0.4, -0.2) is 13.2 Å². The van der Waals surface area contributed by atoms with E-state index in [0.29, 0.717) is 11.4 Å². The fourth-order valence-electron chi connectivity index (χ4n) is 1.12. The van der Waals surface area contributed by atoms with Gasteiger partial charge in [0.15, 0.2) is 0 Å². The Morgan fingerprint density at radius 2 is 2.29 bits per heavy atom. The van der Waals surface area contributed by atoms with E-state index in [9.17, 15) is 0 Å². The van der Waals surface area contributed by atoms with Crippen molar-refractivity contribution in [3.63, 3.8) is 0 Å². The summed E-state index contributed by atoms with van der Waals surface area (Å²) >= 11 is 0. The van der Waals surface area contributed by atoms with Crippen LogP contribution in [0.2, 0.25) is 0 Å². The van der Waals surface area contributed by atoms with E-state index in [1.165, 1.54) is 0 Å². The molecule has 1 aromatic rings. The van der Waals surface area contributed by atoms with Crippen molar-refractivity contribution in [1.82, 2.24) is 0 Å². The molecular formula is C11H16N2O. The molecule has 3 nitrogen and oxygen atoms in total. The Balaban J connectivity index is 2.84. The maximum absolute atomic E-state index is 5.69. The highest BCUT2D eigenvalue weighted by Gasteiger charge is 2.01. The highest BCUT2D eigenvalue weighted by atomic mass is 16.5. The molecule has 3 heteroatoms. The quantitative estimate of drug-likeness (QED) is 0.568. The van der Waals surface area contributed by atoms with Gasteiger partial charge in [0.25, 0.3) is 0 Å². The summed E-state index contributed by atoms with van der Waals surface area (Å²) in [7, 11) is 1.60. The third-order valence-corrected chi connectivity index (χ3v) is 1.98. The second kappa shape index (κ2) is 4.56. The number of hydrogen-bond donors (Lipinski definition) is 2. The van der Waals surface area contributed by atoms with Crippen LogP contribution in [0.3, 0.4) is 0 Å². The van der Waals surface area contributed by atoms with Crippen LogP contribution in [0.4, 0.5) is 11.4 Å². The number of ether oxygens (including phenoxy) is 1. The van der Waals surface area contributed by atoms with Crippen molar-refractivity contribution in [2.75, 3.05) is 18.2 Å². The summed E-state index contributed by atoms with van der Waals surface area (Å²) < 4.78 is 5.11. The second-order valence-electron chi connectivity index (χ2n) is 3.13. The predicted molar refractivity (Wildman–Crippen MR) is 60.7 cm³/mol. The van der Waals surface area contributed by atoms with Crippen molar-refractivity contribution in [2.45, 2.75) is 13.0 Å². The summed E-state index contributed by atoms with van der Waals surface area (Å²) in [5.41, 5.74) is 7.31. The van der Waals surface area contributed by atoms with E-state index in [2.05, 4.69) is 11.9 Å². The first-order chi connectivity index (χ1) is 6.67. The molecule has 1 aromatic carbocycles. The lowest BCUT2D eigenvalue weighted by Gasteiger charge is -2.12. The van der Waals surface area contributed by atoms with Crippen LogP contribution in [0, 0.1) is 0 Å². The summed E-state index contributed by atoms with van der Waals surface area (Å²) in [5.74, 6) is 0.686. The molecule has 0 saturated heterocycles. The molecule has 0 heterocycles. The molecule has 0 amide bonds. The van der Waals surface area contributed by atoms with Gasteiger partial charge in [-0.15, -0.1) is 6.58 Å². The molecule has 0 radical (unpaired) electrons. The van der Waals surface area contributed by atoms with Gasteiger partial charge in [0.05, 0.1) is 12.8 Å². The van der Waals surface area contributed by atoms with Crippen LogP contribution in [0.5, 0.6) is 5.75 Å². The van der Waals surface area contributed by atoms with Crippen LogP contribution in [0.25, 0.3) is 0 Å². The zero-order valence-corrected chi connectivity index (χ0v) is 8.58. The van der Waals surface area contributed by atoms with Crippen molar-refractivity contribution >= 4 is 11.4 Å². The van der Waals surface area contributed by atoms with Gasteiger partial charge in [-0.3, -0.25) is 0 Å². The summed E-state index contributed by atoms with van der Waals surface area (Å²) in [6, 6.07) is 5.83. The zero-order chi connectivity index (χ0) is 10.6. The highest BCUT2D eigenvalue weighted by molar-refractivity contribution is 5.61. The van der Waals surface area contributed by atoms with Gasteiger partial charge in [-0.25, -0.2) is 0 Å². The van der Waals surface area contributed by atoms with Crippen molar-refractivity contribution in [3.05, 3.63) is 30.9 Å². The Morgan fingerprint density at radius 1 is 1.57 bits per heavy atom. The Kier molecular flexibility index (Phi) is 3.40. The number of rotatable bonds is 4. The smallest absolute Gasteiger partial charge is 0.143 e. The second-order valence-corrected chi connectivity index (χ2v) is 3.13. The fraction of sp³-hybridized carbons (Fsp3) is 0.273. The average Bonchev–Trinajstić information content (AvgIpc) is 2.20. The van der Waals surface area contributed by atoms with Gasteiger partial charge in [-0.2, -0.15) is 0 Å². The van der Waals surface area contributed by atoms with E-state index in [1.54, 1.807) is 7.11 Å². The normalized spacial score (nSPS) is 11.9. The first-order valence-corrected chi connectivity index (χ1v) is 4.50. The zero-order valence-electron chi connectivity index (χ0n) is 8.58. The summed E-state index contributed by atoms with van der Waals surface area (Å²) in [5, 5.41) is 3.24. The van der Waals surface area contributed by atoms with Crippen molar-refractivity contribution < 1.29 is 4.74 Å². The molecule has 76 valence electrons. The predicted octanol–water partition coefficient (Wildman–Crippen LogP) is 2.26. The number of hydrogen-bond acceptors (Lipinski definition) is 3. The number of anilines is 2. The topological polar surface area (TPSA) is 47.3 Å². The molecule has 0 aliphatic heterocycles. The minimum Gasteiger partial charge on any atom is -0.495 e. The molecule has 1 rings (SSSR count). The van der Waals surface area contributed by atoms with Crippen molar-refractivity contribution in [3.8, 4) is 5.75 Å². The summed E-state index contributed by atoms with van der Waals surface area (Å²) in [6.07, 6.45) is 1.84. The minimum atomic E-state index is 0.225. The van der Waals surface area contributed by atoms with Crippen molar-refractivity contribution in [1.29, 1.82) is 0 Å².